The summed E-state index contributed by atoms with van der Waals surface area (Å²) in [5, 5.41) is 2.06. The number of Topliss-reactive ketones (excluding diaryl/α,β-unsaturated/α-hetero) is 1. The van der Waals surface area contributed by atoms with Gasteiger partial charge >= 0.3 is 5.97 Å². The fraction of sp³-hybridized carbons (Fsp3) is 0.417. The second kappa shape index (κ2) is 10.1. The van der Waals surface area contributed by atoms with E-state index in [0.29, 0.717) is 11.5 Å². The third-order valence-corrected chi connectivity index (χ3v) is 4.61. The highest BCUT2D eigenvalue weighted by Gasteiger charge is 2.24. The minimum absolute atomic E-state index is 0. The van der Waals surface area contributed by atoms with Gasteiger partial charge in [-0.15, -0.1) is 6.58 Å². The first-order valence-electron chi connectivity index (χ1n) is 9.17. The van der Waals surface area contributed by atoms with E-state index in [1.54, 1.807) is 6.07 Å². The number of carbonyl (C=O) groups excluding carboxylic acids is 2. The van der Waals surface area contributed by atoms with Gasteiger partial charge in [-0.25, -0.2) is 0 Å². The Bertz CT molecular complexity index is 789. The molecule has 0 bridgehead atoms. The van der Waals surface area contributed by atoms with Gasteiger partial charge in [0.15, 0.2) is 5.78 Å². The van der Waals surface area contributed by atoms with Crippen molar-refractivity contribution in [3.63, 3.8) is 0 Å². The molecule has 0 N–H and O–H groups in total. The Hall–Kier alpha value is -2.42. The summed E-state index contributed by atoms with van der Waals surface area (Å²) in [4.78, 5) is 24.6. The van der Waals surface area contributed by atoms with Crippen molar-refractivity contribution in [2.24, 2.45) is 5.92 Å². The lowest BCUT2D eigenvalue weighted by atomic mass is 9.96. The van der Waals surface area contributed by atoms with Crippen LogP contribution < -0.4 is 0 Å². The molecule has 0 fully saturated rings. The number of carbonyl (C=O) groups is 2. The summed E-state index contributed by atoms with van der Waals surface area (Å²) < 4.78 is 5.55. The number of rotatable bonds is 9. The minimum atomic E-state index is -0.568. The molecule has 0 aliphatic carbocycles. The Morgan fingerprint density at radius 3 is 2.48 bits per heavy atom. The zero-order chi connectivity index (χ0) is 19.2. The van der Waals surface area contributed by atoms with Crippen molar-refractivity contribution in [2.75, 3.05) is 0 Å². The van der Waals surface area contributed by atoms with E-state index in [9.17, 15) is 9.59 Å². The first kappa shape index (κ1) is 22.6. The quantitative estimate of drug-likeness (QED) is 0.224. The molecular formula is C24H32O3. The number of ketones is 1. The summed E-state index contributed by atoms with van der Waals surface area (Å²) in [5.74, 6) is -0.224. The second-order valence-corrected chi connectivity index (χ2v) is 7.50. The highest BCUT2D eigenvalue weighted by Crippen LogP contribution is 2.22. The molecule has 0 aliphatic rings. The van der Waals surface area contributed by atoms with Gasteiger partial charge in [-0.05, 0) is 55.9 Å². The lowest BCUT2D eigenvalue weighted by Crippen LogP contribution is -2.29. The lowest BCUT2D eigenvalue weighted by molar-refractivity contribution is -0.155. The van der Waals surface area contributed by atoms with Gasteiger partial charge in [-0.3, -0.25) is 9.59 Å². The van der Waals surface area contributed by atoms with Crippen LogP contribution in [0.4, 0.5) is 0 Å². The van der Waals surface area contributed by atoms with Crippen LogP contribution in [-0.2, 0) is 9.53 Å². The molecule has 3 nitrogen and oxygen atoms in total. The van der Waals surface area contributed by atoms with Gasteiger partial charge in [-0.2, -0.15) is 0 Å². The number of allylic oxidation sites excluding steroid dienone is 1. The van der Waals surface area contributed by atoms with Crippen LogP contribution in [0.1, 0.15) is 64.2 Å². The molecule has 27 heavy (non-hydrogen) atoms. The Kier molecular flexibility index (Phi) is 8.42. The van der Waals surface area contributed by atoms with E-state index in [-0.39, 0.29) is 19.6 Å². The van der Waals surface area contributed by atoms with Gasteiger partial charge in [0.05, 0.1) is 0 Å². The molecule has 3 heteroatoms. The maximum absolute atomic E-state index is 12.4. The van der Waals surface area contributed by atoms with Gasteiger partial charge in [-0.1, -0.05) is 56.8 Å². The summed E-state index contributed by atoms with van der Waals surface area (Å²) in [6.45, 7) is 9.69. The Labute approximate surface area is 163 Å². The highest BCUT2D eigenvalue weighted by atomic mass is 16.6. The monoisotopic (exact) mass is 368 g/mol. The van der Waals surface area contributed by atoms with E-state index >= 15 is 0 Å². The van der Waals surface area contributed by atoms with Crippen LogP contribution >= 0.6 is 0 Å². The summed E-state index contributed by atoms with van der Waals surface area (Å²) in [5.41, 5.74) is -0.0278. The first-order valence-corrected chi connectivity index (χ1v) is 9.17. The molecule has 2 aromatic carbocycles. The van der Waals surface area contributed by atoms with Crippen molar-refractivity contribution < 1.29 is 14.3 Å². The largest absolute Gasteiger partial charge is 0.459 e. The number of fused-ring (bicyclic) bond motifs is 1. The maximum Gasteiger partial charge on any atom is 0.314 e. The molecule has 1 unspecified atom stereocenters. The number of hydrogen-bond donors (Lipinski definition) is 0. The number of benzene rings is 2. The summed E-state index contributed by atoms with van der Waals surface area (Å²) >= 11 is 0. The van der Waals surface area contributed by atoms with Gasteiger partial charge in [0.25, 0.3) is 0 Å². The molecule has 0 radical (unpaired) electrons. The van der Waals surface area contributed by atoms with Crippen LogP contribution in [0.15, 0.2) is 55.1 Å². The minimum Gasteiger partial charge on any atom is -0.459 e. The molecule has 0 saturated carbocycles. The van der Waals surface area contributed by atoms with Gasteiger partial charge in [0.2, 0.25) is 0 Å². The van der Waals surface area contributed by atoms with Crippen LogP contribution in [0.25, 0.3) is 10.8 Å². The predicted molar refractivity (Wildman–Crippen MR) is 113 cm³/mol. The molecule has 0 saturated heterocycles. The average Bonchev–Trinajstić information content (AvgIpc) is 2.60. The average molecular weight is 369 g/mol. The number of ether oxygens (including phenoxy) is 1. The topological polar surface area (TPSA) is 43.4 Å². The fourth-order valence-corrected chi connectivity index (χ4v) is 2.96. The smallest absolute Gasteiger partial charge is 0.314 e. The van der Waals surface area contributed by atoms with Crippen molar-refractivity contribution in [1.29, 1.82) is 0 Å². The molecule has 146 valence electrons. The van der Waals surface area contributed by atoms with Gasteiger partial charge in [0.1, 0.15) is 12.0 Å². The van der Waals surface area contributed by atoms with E-state index in [1.807, 2.05) is 56.3 Å². The Balaban J connectivity index is 0.00000364. The highest BCUT2D eigenvalue weighted by molar-refractivity contribution is 6.07. The Morgan fingerprint density at radius 1 is 1.15 bits per heavy atom. The molecule has 0 spiro atoms. The lowest BCUT2D eigenvalue weighted by Gasteiger charge is -2.25. The van der Waals surface area contributed by atoms with E-state index < -0.39 is 11.6 Å². The molecule has 0 aliphatic heterocycles. The third kappa shape index (κ3) is 7.01. The molecule has 2 aromatic rings. The third-order valence-electron chi connectivity index (χ3n) is 4.61. The summed E-state index contributed by atoms with van der Waals surface area (Å²) in [6, 6.07) is 13.3. The second-order valence-electron chi connectivity index (χ2n) is 7.50. The van der Waals surface area contributed by atoms with Crippen LogP contribution in [0.5, 0.6) is 0 Å². The van der Waals surface area contributed by atoms with Crippen molar-refractivity contribution in [3.8, 4) is 0 Å². The molecular weight excluding hydrogens is 336 g/mol. The standard InChI is InChI=1S/C23H28O3.CH4/c1-5-17(2)9-8-14-23(3,4)26-22(25)16-21(24)20-13-12-18-10-6-7-11-19(18)15-20;/h5-7,10-13,15,17H,1,8-9,14,16H2,2-4H3;1H4. The Morgan fingerprint density at radius 2 is 1.81 bits per heavy atom. The fourth-order valence-electron chi connectivity index (χ4n) is 2.96. The summed E-state index contributed by atoms with van der Waals surface area (Å²) in [7, 11) is 0. The SMILES string of the molecule is C.C=CC(C)CCCC(C)(C)OC(=O)CC(=O)c1ccc2ccccc2c1. The van der Waals surface area contributed by atoms with Gasteiger partial charge in [0, 0.05) is 5.56 Å². The van der Waals surface area contributed by atoms with Crippen molar-refractivity contribution in [3.05, 3.63) is 60.7 Å². The zero-order valence-corrected chi connectivity index (χ0v) is 16.0. The number of esters is 1. The molecule has 0 aromatic heterocycles. The normalized spacial score (nSPS) is 12.1. The van der Waals surface area contributed by atoms with Crippen molar-refractivity contribution in [1.82, 2.24) is 0 Å². The summed E-state index contributed by atoms with van der Waals surface area (Å²) in [6.07, 6.45) is 4.43. The molecule has 0 heterocycles. The predicted octanol–water partition coefficient (Wildman–Crippen LogP) is 6.36. The first-order chi connectivity index (χ1) is 12.3. The maximum atomic E-state index is 12.4. The van der Waals surface area contributed by atoms with Crippen molar-refractivity contribution >= 4 is 22.5 Å². The van der Waals surface area contributed by atoms with Crippen LogP contribution in [0.2, 0.25) is 0 Å². The number of hydrogen-bond acceptors (Lipinski definition) is 3. The van der Waals surface area contributed by atoms with E-state index in [1.165, 1.54) is 0 Å². The van der Waals surface area contributed by atoms with E-state index in [4.69, 9.17) is 4.74 Å². The van der Waals surface area contributed by atoms with Crippen molar-refractivity contribution in [2.45, 2.75) is 59.5 Å². The van der Waals surface area contributed by atoms with E-state index in [2.05, 4.69) is 13.5 Å². The molecule has 1 atom stereocenters. The van der Waals surface area contributed by atoms with Crippen LogP contribution in [0, 0.1) is 5.92 Å². The molecule has 0 amide bonds. The zero-order valence-electron chi connectivity index (χ0n) is 16.0. The van der Waals surface area contributed by atoms with E-state index in [0.717, 1.165) is 30.0 Å². The van der Waals surface area contributed by atoms with Gasteiger partial charge < -0.3 is 4.74 Å². The van der Waals surface area contributed by atoms with Crippen LogP contribution in [0.3, 0.4) is 0 Å². The molecule has 2 rings (SSSR count). The van der Waals surface area contributed by atoms with Crippen LogP contribution in [-0.4, -0.2) is 17.4 Å².